The van der Waals surface area contributed by atoms with Crippen LogP contribution in [-0.2, 0) is 32.7 Å². The maximum absolute atomic E-state index is 12.7. The lowest BCUT2D eigenvalue weighted by Crippen LogP contribution is -2.37. The Labute approximate surface area is 358 Å². The average Bonchev–Trinajstić information content (AvgIpc) is 3.17. The Hall–Kier alpha value is -1.25. The summed E-state index contributed by atoms with van der Waals surface area (Å²) >= 11 is 0. The highest BCUT2D eigenvalue weighted by atomic mass is 31.2. The van der Waals surface area contributed by atoms with Gasteiger partial charge in [-0.15, -0.1) is 0 Å². The minimum Gasteiger partial charge on any atom is -0.756 e. The number of esters is 2. The Morgan fingerprint density at radius 3 is 1.31 bits per heavy atom. The van der Waals surface area contributed by atoms with Gasteiger partial charge in [0.15, 0.2) is 6.10 Å². The van der Waals surface area contributed by atoms with Crippen LogP contribution >= 0.6 is 7.82 Å². The van der Waals surface area contributed by atoms with E-state index in [-0.39, 0.29) is 32.0 Å². The Bertz CT molecular complexity index is 1000. The van der Waals surface area contributed by atoms with E-state index in [1.54, 1.807) is 0 Å². The molecule has 0 spiro atoms. The van der Waals surface area contributed by atoms with Gasteiger partial charge in [-0.2, -0.15) is 0 Å². The number of allylic oxidation sites excluding steroid dienone is 2. The number of unbranched alkanes of at least 4 members (excludes halogenated alkanes) is 29. The smallest absolute Gasteiger partial charge is 0.306 e. The predicted molar refractivity (Wildman–Crippen MR) is 241 cm³/mol. The highest BCUT2D eigenvalue weighted by molar-refractivity contribution is 7.45. The normalized spacial score (nSPS) is 13.6. The molecule has 2 atom stereocenters. The molecule has 0 saturated carbocycles. The standard InChI is InChI=1S/C48H94NO8P/c1-6-8-10-12-14-16-18-20-21-22-23-24-25-26-27-28-29-31-32-34-36-38-40-47(50)54-44-46(45-56-58(52,53)55-43-42-49(3,4)5)57-48(51)41-39-37-35-33-30-19-17-15-13-11-9-7-2/h15,17,46H,6-14,16,18-45H2,1-5H3/b17-15+/t46-/m1/s1. The molecule has 0 N–H and O–H groups in total. The number of likely N-dealkylation sites (N-methyl/N-ethyl adjacent to an activating group) is 1. The molecule has 0 fully saturated rings. The molecular formula is C48H94NO8P. The van der Waals surface area contributed by atoms with Crippen molar-refractivity contribution >= 4 is 19.8 Å². The molecule has 0 aliphatic rings. The van der Waals surface area contributed by atoms with Crippen molar-refractivity contribution in [1.82, 2.24) is 0 Å². The fourth-order valence-corrected chi connectivity index (χ4v) is 7.67. The molecule has 0 bridgehead atoms. The van der Waals surface area contributed by atoms with E-state index in [9.17, 15) is 19.0 Å². The van der Waals surface area contributed by atoms with Crippen LogP contribution in [0.4, 0.5) is 0 Å². The highest BCUT2D eigenvalue weighted by Crippen LogP contribution is 2.38. The van der Waals surface area contributed by atoms with Gasteiger partial charge in [-0.1, -0.05) is 193 Å². The van der Waals surface area contributed by atoms with Crippen molar-refractivity contribution in [2.75, 3.05) is 47.5 Å². The van der Waals surface area contributed by atoms with E-state index in [1.807, 2.05) is 21.1 Å². The van der Waals surface area contributed by atoms with Crippen LogP contribution in [0.5, 0.6) is 0 Å². The van der Waals surface area contributed by atoms with Gasteiger partial charge in [0.05, 0.1) is 27.7 Å². The molecule has 0 saturated heterocycles. The second-order valence-electron chi connectivity index (χ2n) is 17.8. The summed E-state index contributed by atoms with van der Waals surface area (Å²) < 4.78 is 33.9. The number of hydrogen-bond acceptors (Lipinski definition) is 8. The van der Waals surface area contributed by atoms with Gasteiger partial charge in [-0.3, -0.25) is 14.2 Å². The summed E-state index contributed by atoms with van der Waals surface area (Å²) in [5.41, 5.74) is 0. The molecule has 0 rings (SSSR count). The van der Waals surface area contributed by atoms with Crippen molar-refractivity contribution in [1.29, 1.82) is 0 Å². The van der Waals surface area contributed by atoms with E-state index >= 15 is 0 Å². The van der Waals surface area contributed by atoms with Crippen LogP contribution in [0.3, 0.4) is 0 Å². The second kappa shape index (κ2) is 41.1. The van der Waals surface area contributed by atoms with Crippen molar-refractivity contribution in [3.63, 3.8) is 0 Å². The molecular weight excluding hydrogens is 750 g/mol. The van der Waals surface area contributed by atoms with E-state index in [1.165, 1.54) is 141 Å². The average molecular weight is 844 g/mol. The molecule has 344 valence electrons. The molecule has 0 aliphatic carbocycles. The molecule has 0 aromatic carbocycles. The number of phosphoric ester groups is 1. The van der Waals surface area contributed by atoms with E-state index in [0.717, 1.165) is 57.8 Å². The Kier molecular flexibility index (Phi) is 40.2. The van der Waals surface area contributed by atoms with E-state index in [0.29, 0.717) is 17.4 Å². The second-order valence-corrected chi connectivity index (χ2v) is 19.2. The molecule has 0 amide bonds. The first-order valence-electron chi connectivity index (χ1n) is 24.4. The lowest BCUT2D eigenvalue weighted by molar-refractivity contribution is -0.870. The van der Waals surface area contributed by atoms with Crippen LogP contribution in [0, 0.1) is 0 Å². The Morgan fingerprint density at radius 1 is 0.517 bits per heavy atom. The monoisotopic (exact) mass is 844 g/mol. The third-order valence-corrected chi connectivity index (χ3v) is 11.7. The number of rotatable bonds is 45. The first-order valence-corrected chi connectivity index (χ1v) is 25.9. The summed E-state index contributed by atoms with van der Waals surface area (Å²) in [6, 6.07) is 0. The molecule has 0 aromatic rings. The fourth-order valence-electron chi connectivity index (χ4n) is 6.95. The van der Waals surface area contributed by atoms with Crippen LogP contribution in [0.25, 0.3) is 0 Å². The molecule has 0 heterocycles. The van der Waals surface area contributed by atoms with Gasteiger partial charge in [0.25, 0.3) is 7.82 Å². The number of carbonyl (C=O) groups excluding carboxylic acids is 2. The lowest BCUT2D eigenvalue weighted by atomic mass is 10.0. The van der Waals surface area contributed by atoms with Gasteiger partial charge in [0.2, 0.25) is 0 Å². The maximum Gasteiger partial charge on any atom is 0.306 e. The molecule has 0 radical (unpaired) electrons. The van der Waals surface area contributed by atoms with Gasteiger partial charge in [0.1, 0.15) is 19.8 Å². The van der Waals surface area contributed by atoms with Crippen molar-refractivity contribution in [2.45, 2.75) is 238 Å². The van der Waals surface area contributed by atoms with Crippen LogP contribution in [0.2, 0.25) is 0 Å². The van der Waals surface area contributed by atoms with E-state index < -0.39 is 26.5 Å². The van der Waals surface area contributed by atoms with Gasteiger partial charge in [-0.25, -0.2) is 0 Å². The zero-order valence-corrected chi connectivity index (χ0v) is 39.7. The molecule has 1 unspecified atom stereocenters. The number of hydrogen-bond donors (Lipinski definition) is 0. The zero-order chi connectivity index (χ0) is 42.8. The third-order valence-electron chi connectivity index (χ3n) is 10.8. The molecule has 0 aliphatic heterocycles. The molecule has 9 nitrogen and oxygen atoms in total. The summed E-state index contributed by atoms with van der Waals surface area (Å²) in [5, 5.41) is 0. The minimum atomic E-state index is -4.62. The predicted octanol–water partition coefficient (Wildman–Crippen LogP) is 13.5. The van der Waals surface area contributed by atoms with Crippen molar-refractivity contribution in [3.8, 4) is 0 Å². The molecule has 58 heavy (non-hydrogen) atoms. The van der Waals surface area contributed by atoms with Crippen molar-refractivity contribution < 1.29 is 42.1 Å². The van der Waals surface area contributed by atoms with Gasteiger partial charge in [-0.05, 0) is 38.5 Å². The Morgan fingerprint density at radius 2 is 0.879 bits per heavy atom. The quantitative estimate of drug-likeness (QED) is 0.0196. The first-order chi connectivity index (χ1) is 28.0. The number of quaternary nitrogens is 1. The number of carbonyl (C=O) groups is 2. The first kappa shape index (κ1) is 56.8. The van der Waals surface area contributed by atoms with Gasteiger partial charge < -0.3 is 27.9 Å². The summed E-state index contributed by atoms with van der Waals surface area (Å²) in [4.78, 5) is 37.6. The topological polar surface area (TPSA) is 111 Å². The summed E-state index contributed by atoms with van der Waals surface area (Å²) in [6.07, 6.45) is 43.9. The maximum atomic E-state index is 12.7. The summed E-state index contributed by atoms with van der Waals surface area (Å²) in [6.45, 7) is 4.23. The molecule has 10 heteroatoms. The summed E-state index contributed by atoms with van der Waals surface area (Å²) in [5.74, 6) is -0.833. The SMILES string of the molecule is CCCCC/C=C/CCCCCCCC(=O)O[C@H](COC(=O)CCCCCCCCCCCCCCCCCCCCCCCC)COP(=O)([O-])OCC[N+](C)(C)C. The minimum absolute atomic E-state index is 0.0293. The van der Waals surface area contributed by atoms with Crippen molar-refractivity contribution in [3.05, 3.63) is 12.2 Å². The Balaban J connectivity index is 4.16. The van der Waals surface area contributed by atoms with Gasteiger partial charge in [0, 0.05) is 12.8 Å². The molecule has 0 aromatic heterocycles. The number of ether oxygens (including phenoxy) is 2. The van der Waals surface area contributed by atoms with Crippen LogP contribution < -0.4 is 4.89 Å². The van der Waals surface area contributed by atoms with Crippen LogP contribution in [0.1, 0.15) is 232 Å². The van der Waals surface area contributed by atoms with Crippen LogP contribution in [0.15, 0.2) is 12.2 Å². The number of nitrogens with zero attached hydrogens (tertiary/aromatic N) is 1. The van der Waals surface area contributed by atoms with Crippen LogP contribution in [-0.4, -0.2) is 70.0 Å². The summed E-state index contributed by atoms with van der Waals surface area (Å²) in [7, 11) is 1.17. The lowest BCUT2D eigenvalue weighted by Gasteiger charge is -2.28. The fraction of sp³-hybridized carbons (Fsp3) is 0.917. The zero-order valence-electron chi connectivity index (χ0n) is 38.8. The number of phosphoric acid groups is 1. The third kappa shape index (κ3) is 44.3. The van der Waals surface area contributed by atoms with Crippen molar-refractivity contribution in [2.24, 2.45) is 0 Å². The highest BCUT2D eigenvalue weighted by Gasteiger charge is 2.21. The van der Waals surface area contributed by atoms with E-state index in [4.69, 9.17) is 18.5 Å². The van der Waals surface area contributed by atoms with E-state index in [2.05, 4.69) is 26.0 Å². The van der Waals surface area contributed by atoms with Gasteiger partial charge >= 0.3 is 11.9 Å². The largest absolute Gasteiger partial charge is 0.756 e.